The molecule has 2 aromatic rings. The summed E-state index contributed by atoms with van der Waals surface area (Å²) >= 11 is 0. The van der Waals surface area contributed by atoms with Crippen LogP contribution in [0.3, 0.4) is 0 Å². The van der Waals surface area contributed by atoms with Gasteiger partial charge in [0, 0.05) is 18.0 Å². The highest BCUT2D eigenvalue weighted by atomic mass is 19.1. The van der Waals surface area contributed by atoms with Crippen molar-refractivity contribution in [1.82, 2.24) is 5.32 Å². The van der Waals surface area contributed by atoms with E-state index in [1.165, 1.54) is 13.2 Å². The lowest BCUT2D eigenvalue weighted by atomic mass is 9.86. The van der Waals surface area contributed by atoms with Gasteiger partial charge in [0.1, 0.15) is 11.6 Å². The first-order chi connectivity index (χ1) is 13.5. The van der Waals surface area contributed by atoms with Gasteiger partial charge in [0.15, 0.2) is 0 Å². The molecule has 6 heteroatoms. The Morgan fingerprint density at radius 1 is 1.21 bits per heavy atom. The van der Waals surface area contributed by atoms with Crippen LogP contribution >= 0.6 is 0 Å². The second kappa shape index (κ2) is 9.17. The van der Waals surface area contributed by atoms with E-state index in [1.54, 1.807) is 25.3 Å². The van der Waals surface area contributed by atoms with Crippen LogP contribution in [0, 0.1) is 12.7 Å². The number of carbonyl (C=O) groups is 1. The fourth-order valence-electron chi connectivity index (χ4n) is 3.70. The highest BCUT2D eigenvalue weighted by Gasteiger charge is 2.28. The first-order valence-corrected chi connectivity index (χ1v) is 9.37. The van der Waals surface area contributed by atoms with Crippen LogP contribution in [0.1, 0.15) is 39.4 Å². The Hall–Kier alpha value is -2.44. The maximum Gasteiger partial charge on any atom is 0.337 e. The quantitative estimate of drug-likeness (QED) is 0.768. The number of rotatable bonds is 6. The number of ether oxygens (including phenoxy) is 3. The molecule has 0 saturated carbocycles. The van der Waals surface area contributed by atoms with E-state index in [1.807, 2.05) is 19.1 Å². The Bertz CT molecular complexity index is 839. The summed E-state index contributed by atoms with van der Waals surface area (Å²) in [6.07, 6.45) is 0.875. The summed E-state index contributed by atoms with van der Waals surface area (Å²) in [7, 11) is 2.91. The smallest absolute Gasteiger partial charge is 0.337 e. The molecule has 0 aromatic heterocycles. The van der Waals surface area contributed by atoms with Gasteiger partial charge in [0.2, 0.25) is 0 Å². The second-order valence-corrected chi connectivity index (χ2v) is 6.97. The average Bonchev–Trinajstić information content (AvgIpc) is 2.72. The maximum absolute atomic E-state index is 13.5. The molecule has 1 heterocycles. The third-order valence-electron chi connectivity index (χ3n) is 5.21. The molecule has 0 bridgehead atoms. The van der Waals surface area contributed by atoms with Crippen molar-refractivity contribution in [1.29, 1.82) is 0 Å². The summed E-state index contributed by atoms with van der Waals surface area (Å²) in [5.74, 6) is 0.106. The maximum atomic E-state index is 13.5. The van der Waals surface area contributed by atoms with Crippen LogP contribution in [0.2, 0.25) is 0 Å². The van der Waals surface area contributed by atoms with Crippen molar-refractivity contribution in [2.45, 2.75) is 32.0 Å². The van der Waals surface area contributed by atoms with E-state index in [-0.39, 0.29) is 17.8 Å². The lowest BCUT2D eigenvalue weighted by Gasteiger charge is -2.33. The third-order valence-corrected chi connectivity index (χ3v) is 5.21. The van der Waals surface area contributed by atoms with Crippen LogP contribution in [0.25, 0.3) is 0 Å². The van der Waals surface area contributed by atoms with E-state index >= 15 is 0 Å². The highest BCUT2D eigenvalue weighted by molar-refractivity contribution is 5.89. The Balaban J connectivity index is 1.75. The lowest BCUT2D eigenvalue weighted by Crippen LogP contribution is -2.40. The Kier molecular flexibility index (Phi) is 6.65. The first-order valence-electron chi connectivity index (χ1n) is 9.37. The summed E-state index contributed by atoms with van der Waals surface area (Å²) in [4.78, 5) is 11.7. The van der Waals surface area contributed by atoms with Gasteiger partial charge in [0.25, 0.3) is 0 Å². The Morgan fingerprint density at radius 2 is 2.04 bits per heavy atom. The summed E-state index contributed by atoms with van der Waals surface area (Å²) in [5, 5.41) is 3.40. The standard InChI is InChI=1S/C22H26FNO4/c1-14-10-17(23)6-7-18(14)19-12-24-9-8-20(19)28-13-16-5-4-15(22(25)27-3)11-21(16)26-2/h4-7,10-11,19-20,24H,8-9,12-13H2,1-3H3. The normalized spacial score (nSPS) is 19.3. The number of halogens is 1. The lowest BCUT2D eigenvalue weighted by molar-refractivity contribution is 0.00599. The highest BCUT2D eigenvalue weighted by Crippen LogP contribution is 2.31. The topological polar surface area (TPSA) is 56.8 Å². The molecular weight excluding hydrogens is 361 g/mol. The molecule has 3 rings (SSSR count). The number of piperidine rings is 1. The molecule has 0 spiro atoms. The number of aryl methyl sites for hydroxylation is 1. The van der Waals surface area contributed by atoms with Crippen molar-refractivity contribution in [3.8, 4) is 5.75 Å². The van der Waals surface area contributed by atoms with Crippen molar-refractivity contribution in [3.05, 3.63) is 64.5 Å². The molecular formula is C22H26FNO4. The van der Waals surface area contributed by atoms with Crippen molar-refractivity contribution >= 4 is 5.97 Å². The summed E-state index contributed by atoms with van der Waals surface area (Å²) < 4.78 is 29.9. The van der Waals surface area contributed by atoms with Gasteiger partial charge in [-0.1, -0.05) is 12.1 Å². The van der Waals surface area contributed by atoms with Crippen LogP contribution < -0.4 is 10.1 Å². The molecule has 5 nitrogen and oxygen atoms in total. The van der Waals surface area contributed by atoms with Crippen LogP contribution in [0.4, 0.5) is 4.39 Å². The third kappa shape index (κ3) is 4.51. The second-order valence-electron chi connectivity index (χ2n) is 6.97. The number of esters is 1. The van der Waals surface area contributed by atoms with Crippen molar-refractivity contribution in [2.24, 2.45) is 0 Å². The van der Waals surface area contributed by atoms with Gasteiger partial charge < -0.3 is 19.5 Å². The van der Waals surface area contributed by atoms with Crippen LogP contribution in [0.5, 0.6) is 5.75 Å². The molecule has 0 radical (unpaired) electrons. The van der Waals surface area contributed by atoms with E-state index in [4.69, 9.17) is 14.2 Å². The Morgan fingerprint density at radius 3 is 2.75 bits per heavy atom. The molecule has 2 atom stereocenters. The van der Waals surface area contributed by atoms with E-state index in [0.29, 0.717) is 17.9 Å². The van der Waals surface area contributed by atoms with E-state index < -0.39 is 5.97 Å². The zero-order valence-corrected chi connectivity index (χ0v) is 16.5. The molecule has 0 aliphatic carbocycles. The predicted octanol–water partition coefficient (Wildman–Crippen LogP) is 3.59. The van der Waals surface area contributed by atoms with Gasteiger partial charge >= 0.3 is 5.97 Å². The molecule has 150 valence electrons. The van der Waals surface area contributed by atoms with Gasteiger partial charge in [-0.3, -0.25) is 0 Å². The van der Waals surface area contributed by atoms with E-state index in [2.05, 4.69) is 5.32 Å². The van der Waals surface area contributed by atoms with E-state index in [0.717, 1.165) is 36.2 Å². The zero-order valence-electron chi connectivity index (χ0n) is 16.5. The molecule has 28 heavy (non-hydrogen) atoms. The predicted molar refractivity (Wildman–Crippen MR) is 104 cm³/mol. The van der Waals surface area contributed by atoms with Gasteiger partial charge in [-0.2, -0.15) is 0 Å². The minimum absolute atomic E-state index is 0.00963. The largest absolute Gasteiger partial charge is 0.496 e. The number of methoxy groups -OCH3 is 2. The molecule has 2 unspecified atom stereocenters. The zero-order chi connectivity index (χ0) is 20.1. The molecule has 1 aliphatic rings. The minimum Gasteiger partial charge on any atom is -0.496 e. The molecule has 1 aliphatic heterocycles. The van der Waals surface area contributed by atoms with Crippen molar-refractivity contribution in [3.63, 3.8) is 0 Å². The minimum atomic E-state index is -0.407. The molecule has 1 fully saturated rings. The number of carbonyl (C=O) groups excluding carboxylic acids is 1. The van der Waals surface area contributed by atoms with Crippen molar-refractivity contribution in [2.75, 3.05) is 27.3 Å². The van der Waals surface area contributed by atoms with Crippen LogP contribution in [-0.4, -0.2) is 39.4 Å². The number of hydrogen-bond acceptors (Lipinski definition) is 5. The van der Waals surface area contributed by atoms with Gasteiger partial charge in [0.05, 0.1) is 32.5 Å². The van der Waals surface area contributed by atoms with E-state index in [9.17, 15) is 9.18 Å². The average molecular weight is 387 g/mol. The monoisotopic (exact) mass is 387 g/mol. The molecule has 1 saturated heterocycles. The molecule has 2 aromatic carbocycles. The summed E-state index contributed by atoms with van der Waals surface area (Å²) in [5.41, 5.74) is 3.34. The van der Waals surface area contributed by atoms with Gasteiger partial charge in [-0.25, -0.2) is 9.18 Å². The first kappa shape index (κ1) is 20.3. The Labute approximate surface area is 164 Å². The molecule has 1 N–H and O–H groups in total. The number of nitrogens with one attached hydrogen (secondary N) is 1. The van der Waals surface area contributed by atoms with Crippen LogP contribution in [0.15, 0.2) is 36.4 Å². The fraction of sp³-hybridized carbons (Fsp3) is 0.409. The number of benzene rings is 2. The summed E-state index contributed by atoms with van der Waals surface area (Å²) in [6.45, 7) is 3.96. The van der Waals surface area contributed by atoms with Gasteiger partial charge in [-0.15, -0.1) is 0 Å². The molecule has 0 amide bonds. The fourth-order valence-corrected chi connectivity index (χ4v) is 3.70. The van der Waals surface area contributed by atoms with Crippen molar-refractivity contribution < 1.29 is 23.4 Å². The van der Waals surface area contributed by atoms with Crippen LogP contribution in [-0.2, 0) is 16.1 Å². The number of hydrogen-bond donors (Lipinski definition) is 1. The summed E-state index contributed by atoms with van der Waals surface area (Å²) in [6, 6.07) is 10.1. The van der Waals surface area contributed by atoms with Gasteiger partial charge in [-0.05, 0) is 55.3 Å². The SMILES string of the molecule is COC(=O)c1ccc(COC2CCNCC2c2ccc(F)cc2C)c(OC)c1.